The van der Waals surface area contributed by atoms with E-state index >= 15 is 0 Å². The molecule has 1 heterocycles. The number of rotatable bonds is 32. The van der Waals surface area contributed by atoms with Gasteiger partial charge in [-0.1, -0.05) is 155 Å². The average molecular weight is 706 g/mol. The Hall–Kier alpha value is -0.460. The van der Waals surface area contributed by atoms with E-state index < -0.39 is 53.9 Å². The number of hydrogen-bond donors (Lipinski definition) is 7. The molecule has 48 heavy (non-hydrogen) atoms. The summed E-state index contributed by atoms with van der Waals surface area (Å²) in [7, 11) is 0. The third-order valence-corrected chi connectivity index (χ3v) is 11.3. The first-order valence-electron chi connectivity index (χ1n) is 19.8. The zero-order valence-electron chi connectivity index (χ0n) is 30.6. The summed E-state index contributed by atoms with van der Waals surface area (Å²) in [6, 6.07) is -0.915. The second kappa shape index (κ2) is 30.2. The van der Waals surface area contributed by atoms with Gasteiger partial charge in [0.15, 0.2) is 0 Å². The Morgan fingerprint density at radius 2 is 1.08 bits per heavy atom. The predicted molar refractivity (Wildman–Crippen MR) is 197 cm³/mol. The molecule has 1 amide bonds. The van der Waals surface area contributed by atoms with Crippen molar-refractivity contribution >= 4 is 17.7 Å². The Morgan fingerprint density at radius 3 is 1.54 bits per heavy atom. The van der Waals surface area contributed by atoms with Crippen LogP contribution in [0.2, 0.25) is 0 Å². The molecule has 0 saturated carbocycles. The SMILES string of the molecule is CCCCCCCCCCCCCC[C@@H](O)[C@@H](O)[C@H](CO[C@H]1S[C@H](CO)[C@H](O)[C@H](O)[C@H]1O)NC(=O)CCCCCCCCCCCCC. The molecule has 1 fully saturated rings. The Morgan fingerprint density at radius 1 is 0.646 bits per heavy atom. The lowest BCUT2D eigenvalue weighted by Gasteiger charge is -2.39. The monoisotopic (exact) mass is 706 g/mol. The number of carbonyl (C=O) groups excluding carboxylic acids is 1. The van der Waals surface area contributed by atoms with Crippen LogP contribution < -0.4 is 5.32 Å². The van der Waals surface area contributed by atoms with Gasteiger partial charge in [-0.2, -0.15) is 0 Å². The van der Waals surface area contributed by atoms with Gasteiger partial charge in [-0.25, -0.2) is 0 Å². The maximum atomic E-state index is 12.9. The molecular formula is C38H75NO8S. The lowest BCUT2D eigenvalue weighted by Crippen LogP contribution is -2.56. The van der Waals surface area contributed by atoms with E-state index in [0.717, 1.165) is 50.3 Å². The van der Waals surface area contributed by atoms with Crippen molar-refractivity contribution in [3.05, 3.63) is 0 Å². The number of hydrogen-bond acceptors (Lipinski definition) is 9. The zero-order valence-corrected chi connectivity index (χ0v) is 31.4. The van der Waals surface area contributed by atoms with Gasteiger partial charge in [0.1, 0.15) is 23.7 Å². The van der Waals surface area contributed by atoms with Crippen LogP contribution in [-0.4, -0.2) is 97.0 Å². The van der Waals surface area contributed by atoms with Gasteiger partial charge in [-0.15, -0.1) is 11.8 Å². The fraction of sp³-hybridized carbons (Fsp3) is 0.974. The molecule has 8 atom stereocenters. The van der Waals surface area contributed by atoms with Gasteiger partial charge in [0.2, 0.25) is 5.91 Å². The smallest absolute Gasteiger partial charge is 0.220 e. The van der Waals surface area contributed by atoms with Crippen LogP contribution in [0.25, 0.3) is 0 Å². The van der Waals surface area contributed by atoms with E-state index in [2.05, 4.69) is 19.2 Å². The highest BCUT2D eigenvalue weighted by Gasteiger charge is 2.44. The molecule has 9 nitrogen and oxygen atoms in total. The van der Waals surface area contributed by atoms with Gasteiger partial charge in [0, 0.05) is 6.42 Å². The van der Waals surface area contributed by atoms with Gasteiger partial charge in [0.05, 0.1) is 36.7 Å². The number of aliphatic hydroxyl groups excluding tert-OH is 6. The number of carbonyl (C=O) groups is 1. The summed E-state index contributed by atoms with van der Waals surface area (Å²) in [4.78, 5) is 12.9. The molecule has 0 aromatic heterocycles. The molecule has 0 unspecified atom stereocenters. The summed E-state index contributed by atoms with van der Waals surface area (Å²) in [6.45, 7) is 3.86. The fourth-order valence-corrected chi connectivity index (χ4v) is 7.72. The average Bonchev–Trinajstić information content (AvgIpc) is 3.08. The van der Waals surface area contributed by atoms with Crippen LogP contribution in [0.3, 0.4) is 0 Å². The highest BCUT2D eigenvalue weighted by atomic mass is 32.2. The normalized spacial score (nSPS) is 23.2. The molecule has 0 aliphatic carbocycles. The van der Waals surface area contributed by atoms with Crippen LogP contribution in [0.5, 0.6) is 0 Å². The first kappa shape index (κ1) is 45.6. The molecule has 1 aliphatic rings. The number of ether oxygens (including phenoxy) is 1. The van der Waals surface area contributed by atoms with Crippen LogP contribution in [0.1, 0.15) is 174 Å². The number of nitrogens with one attached hydrogen (secondary N) is 1. The minimum absolute atomic E-state index is 0.198. The van der Waals surface area contributed by atoms with Crippen molar-refractivity contribution in [2.24, 2.45) is 0 Å². The molecular weight excluding hydrogens is 630 g/mol. The fourth-order valence-electron chi connectivity index (χ4n) is 6.49. The van der Waals surface area contributed by atoms with Crippen LogP contribution in [-0.2, 0) is 9.53 Å². The molecule has 0 bridgehead atoms. The highest BCUT2D eigenvalue weighted by Crippen LogP contribution is 2.33. The molecule has 0 aromatic rings. The first-order valence-corrected chi connectivity index (χ1v) is 20.8. The standard InChI is InChI=1S/C38H75NO8S/c1-3-5-7-9-11-13-15-17-18-20-22-24-26-31(41)34(43)30(29-47-38-37(46)36(45)35(44)32(28-40)48-38)39-33(42)27-25-23-21-19-16-14-12-10-8-6-4-2/h30-32,34-38,40-41,43-46H,3-29H2,1-2H3,(H,39,42)/t30-,31+,32+,34-,35-,36-,37+,38-/m0/s1. The molecule has 7 N–H and O–H groups in total. The van der Waals surface area contributed by atoms with Gasteiger partial charge in [-0.3, -0.25) is 4.79 Å². The molecule has 1 rings (SSSR count). The Kier molecular flexibility index (Phi) is 28.7. The maximum Gasteiger partial charge on any atom is 0.220 e. The van der Waals surface area contributed by atoms with Crippen molar-refractivity contribution in [2.45, 2.75) is 222 Å². The van der Waals surface area contributed by atoms with Gasteiger partial charge < -0.3 is 40.7 Å². The molecule has 0 aromatic carbocycles. The lowest BCUT2D eigenvalue weighted by atomic mass is 9.99. The van der Waals surface area contributed by atoms with Gasteiger partial charge >= 0.3 is 0 Å². The van der Waals surface area contributed by atoms with Crippen LogP contribution in [0, 0.1) is 0 Å². The van der Waals surface area contributed by atoms with E-state index in [0.29, 0.717) is 12.8 Å². The summed E-state index contributed by atoms with van der Waals surface area (Å²) in [5, 5.41) is 64.5. The van der Waals surface area contributed by atoms with E-state index in [-0.39, 0.29) is 12.5 Å². The van der Waals surface area contributed by atoms with Crippen molar-refractivity contribution in [2.75, 3.05) is 13.2 Å². The summed E-state index contributed by atoms with van der Waals surface area (Å²) in [5.74, 6) is -0.225. The second-order valence-electron chi connectivity index (χ2n) is 14.2. The Balaban J connectivity index is 2.49. The number of amides is 1. The van der Waals surface area contributed by atoms with E-state index in [1.165, 1.54) is 109 Å². The van der Waals surface area contributed by atoms with Crippen LogP contribution in [0.15, 0.2) is 0 Å². The van der Waals surface area contributed by atoms with Crippen molar-refractivity contribution in [1.29, 1.82) is 0 Å². The molecule has 1 aliphatic heterocycles. The maximum absolute atomic E-state index is 12.9. The van der Waals surface area contributed by atoms with Gasteiger partial charge in [0.25, 0.3) is 0 Å². The quantitative estimate of drug-likeness (QED) is 0.0387. The largest absolute Gasteiger partial charge is 0.395 e. The Bertz CT molecular complexity index is 747. The number of thioether (sulfide) groups is 1. The second-order valence-corrected chi connectivity index (χ2v) is 15.6. The summed E-state index contributed by atoms with van der Waals surface area (Å²) < 4.78 is 5.85. The Labute approximate surface area is 297 Å². The van der Waals surface area contributed by atoms with E-state index in [1.807, 2.05) is 0 Å². The number of unbranched alkanes of at least 4 members (excludes halogenated alkanes) is 21. The third-order valence-electron chi connectivity index (χ3n) is 9.80. The molecule has 0 spiro atoms. The first-order chi connectivity index (χ1) is 23.3. The van der Waals surface area contributed by atoms with Crippen LogP contribution in [0.4, 0.5) is 0 Å². The van der Waals surface area contributed by atoms with Crippen molar-refractivity contribution in [1.82, 2.24) is 5.32 Å². The molecule has 0 radical (unpaired) electrons. The van der Waals surface area contributed by atoms with Crippen molar-refractivity contribution in [3.8, 4) is 0 Å². The summed E-state index contributed by atoms with van der Waals surface area (Å²) >= 11 is 1.00. The summed E-state index contributed by atoms with van der Waals surface area (Å²) in [5.41, 5.74) is -0.979. The lowest BCUT2D eigenvalue weighted by molar-refractivity contribution is -0.128. The minimum Gasteiger partial charge on any atom is -0.395 e. The molecule has 10 heteroatoms. The molecule has 286 valence electrons. The molecule has 1 saturated heterocycles. The highest BCUT2D eigenvalue weighted by molar-refractivity contribution is 8.00. The summed E-state index contributed by atoms with van der Waals surface area (Å²) in [6.07, 6.45) is 21.7. The van der Waals surface area contributed by atoms with Crippen molar-refractivity contribution in [3.63, 3.8) is 0 Å². The number of aliphatic hydroxyl groups is 6. The van der Waals surface area contributed by atoms with E-state index in [9.17, 15) is 35.4 Å². The van der Waals surface area contributed by atoms with E-state index in [1.54, 1.807) is 0 Å². The topological polar surface area (TPSA) is 160 Å². The predicted octanol–water partition coefficient (Wildman–Crippen LogP) is 6.52. The zero-order chi connectivity index (χ0) is 35.4. The van der Waals surface area contributed by atoms with E-state index in [4.69, 9.17) is 4.74 Å². The third kappa shape index (κ3) is 21.0. The van der Waals surface area contributed by atoms with Crippen molar-refractivity contribution < 1.29 is 40.2 Å². The van der Waals surface area contributed by atoms with Gasteiger partial charge in [-0.05, 0) is 12.8 Å². The van der Waals surface area contributed by atoms with Crippen LogP contribution >= 0.6 is 11.8 Å². The minimum atomic E-state index is -1.50.